The minimum absolute atomic E-state index is 0.384. The van der Waals surface area contributed by atoms with Crippen molar-refractivity contribution < 1.29 is 9.53 Å². The molecule has 3 rings (SSSR count). The van der Waals surface area contributed by atoms with Gasteiger partial charge in [-0.05, 0) is 56.0 Å². The van der Waals surface area contributed by atoms with Crippen LogP contribution in [0.1, 0.15) is 23.2 Å². The fraction of sp³-hybridized carbons (Fsp3) is 0.238. The van der Waals surface area contributed by atoms with Gasteiger partial charge in [0.15, 0.2) is 5.82 Å². The van der Waals surface area contributed by atoms with Gasteiger partial charge in [0, 0.05) is 12.4 Å². The fourth-order valence-electron chi connectivity index (χ4n) is 2.60. The topological polar surface area (TPSA) is 89.0 Å². The van der Waals surface area contributed by atoms with Crippen LogP contribution in [-0.4, -0.2) is 27.6 Å². The van der Waals surface area contributed by atoms with Gasteiger partial charge in [0.25, 0.3) is 0 Å². The lowest BCUT2D eigenvalue weighted by Crippen LogP contribution is -2.21. The maximum Gasteiger partial charge on any atom is 0.324 e. The number of hydrogen-bond acceptors (Lipinski definition) is 5. The number of nitrogens with one attached hydrogen (secondary N) is 2. The maximum atomic E-state index is 12.3. The minimum atomic E-state index is -0.399. The van der Waals surface area contributed by atoms with Crippen LogP contribution in [0.3, 0.4) is 0 Å². The van der Waals surface area contributed by atoms with Gasteiger partial charge in [-0.3, -0.25) is 15.3 Å². The number of aromatic nitrogens is 3. The van der Waals surface area contributed by atoms with Crippen molar-refractivity contribution in [2.75, 3.05) is 17.2 Å². The number of hydrogen-bond donors (Lipinski definition) is 2. The molecule has 0 atom stereocenters. The summed E-state index contributed by atoms with van der Waals surface area (Å²) in [7, 11) is 0. The number of ether oxygens (including phenoxy) is 1. The summed E-state index contributed by atoms with van der Waals surface area (Å²) in [5, 5.41) is 5.49. The summed E-state index contributed by atoms with van der Waals surface area (Å²) in [5.74, 6) is 1.01. The SMILES string of the molecule is Cc1ccc(OCCCc2cccnc2)c(NC(=O)Nc2cnc(C)cn2)c1. The van der Waals surface area contributed by atoms with Gasteiger partial charge in [0.1, 0.15) is 5.75 Å². The zero-order chi connectivity index (χ0) is 19.8. The summed E-state index contributed by atoms with van der Waals surface area (Å²) in [6, 6.07) is 9.26. The Morgan fingerprint density at radius 1 is 1.07 bits per heavy atom. The van der Waals surface area contributed by atoms with Crippen molar-refractivity contribution in [2.45, 2.75) is 26.7 Å². The largest absolute Gasteiger partial charge is 0.491 e. The molecule has 0 aliphatic carbocycles. The number of benzene rings is 1. The van der Waals surface area contributed by atoms with Gasteiger partial charge in [0.05, 0.1) is 30.4 Å². The van der Waals surface area contributed by atoms with Gasteiger partial charge in [-0.1, -0.05) is 12.1 Å². The van der Waals surface area contributed by atoms with E-state index in [1.807, 2.05) is 50.4 Å². The van der Waals surface area contributed by atoms with E-state index in [0.29, 0.717) is 23.9 Å². The van der Waals surface area contributed by atoms with Crippen LogP contribution in [0.2, 0.25) is 0 Å². The monoisotopic (exact) mass is 377 g/mol. The summed E-state index contributed by atoms with van der Waals surface area (Å²) in [5.41, 5.74) is 3.59. The highest BCUT2D eigenvalue weighted by Crippen LogP contribution is 2.26. The molecule has 0 radical (unpaired) electrons. The van der Waals surface area contributed by atoms with Crippen molar-refractivity contribution in [2.24, 2.45) is 0 Å². The van der Waals surface area contributed by atoms with Crippen LogP contribution in [0, 0.1) is 13.8 Å². The van der Waals surface area contributed by atoms with Gasteiger partial charge < -0.3 is 10.1 Å². The summed E-state index contributed by atoms with van der Waals surface area (Å²) < 4.78 is 5.89. The van der Waals surface area contributed by atoms with Gasteiger partial charge in [-0.15, -0.1) is 0 Å². The first-order chi connectivity index (χ1) is 13.6. The number of nitrogens with zero attached hydrogens (tertiary/aromatic N) is 3. The zero-order valence-electron chi connectivity index (χ0n) is 16.0. The molecule has 0 bridgehead atoms. The van der Waals surface area contributed by atoms with E-state index in [2.05, 4.69) is 25.6 Å². The van der Waals surface area contributed by atoms with Gasteiger partial charge in [-0.2, -0.15) is 0 Å². The van der Waals surface area contributed by atoms with E-state index in [1.54, 1.807) is 12.4 Å². The van der Waals surface area contributed by atoms with Gasteiger partial charge >= 0.3 is 6.03 Å². The van der Waals surface area contributed by atoms with Crippen LogP contribution < -0.4 is 15.4 Å². The number of pyridine rings is 1. The van der Waals surface area contributed by atoms with Crippen LogP contribution in [0.5, 0.6) is 5.75 Å². The molecule has 7 nitrogen and oxygen atoms in total. The molecule has 7 heteroatoms. The van der Waals surface area contributed by atoms with E-state index in [4.69, 9.17) is 4.74 Å². The predicted molar refractivity (Wildman–Crippen MR) is 109 cm³/mol. The first-order valence-electron chi connectivity index (χ1n) is 9.09. The van der Waals surface area contributed by atoms with Gasteiger partial charge in [0.2, 0.25) is 0 Å². The quantitative estimate of drug-likeness (QED) is 0.604. The molecule has 1 aromatic carbocycles. The first kappa shape index (κ1) is 19.3. The van der Waals surface area contributed by atoms with Crippen molar-refractivity contribution in [3.05, 3.63) is 71.9 Å². The molecule has 144 valence electrons. The Hall–Kier alpha value is -3.48. The second-order valence-corrected chi connectivity index (χ2v) is 6.44. The number of aryl methyl sites for hydroxylation is 3. The molecule has 2 aromatic heterocycles. The molecule has 0 aliphatic heterocycles. The highest BCUT2D eigenvalue weighted by Gasteiger charge is 2.09. The number of rotatable bonds is 7. The van der Waals surface area contributed by atoms with Crippen molar-refractivity contribution >= 4 is 17.5 Å². The molecule has 2 N–H and O–H groups in total. The lowest BCUT2D eigenvalue weighted by Gasteiger charge is -2.14. The molecule has 0 saturated carbocycles. The summed E-state index contributed by atoms with van der Waals surface area (Å²) in [4.78, 5) is 24.6. The molecule has 2 heterocycles. The normalized spacial score (nSPS) is 10.4. The second-order valence-electron chi connectivity index (χ2n) is 6.44. The molecule has 3 aromatic rings. The first-order valence-corrected chi connectivity index (χ1v) is 9.09. The van der Waals surface area contributed by atoms with Crippen molar-refractivity contribution in [1.29, 1.82) is 0 Å². The average molecular weight is 377 g/mol. The van der Waals surface area contributed by atoms with Crippen LogP contribution in [0.15, 0.2) is 55.1 Å². The number of urea groups is 1. The third-order valence-electron chi connectivity index (χ3n) is 4.00. The van der Waals surface area contributed by atoms with Gasteiger partial charge in [-0.25, -0.2) is 9.78 Å². The van der Waals surface area contributed by atoms with E-state index in [-0.39, 0.29) is 0 Å². The molecule has 28 heavy (non-hydrogen) atoms. The van der Waals surface area contributed by atoms with Crippen molar-refractivity contribution in [3.63, 3.8) is 0 Å². The third-order valence-corrected chi connectivity index (χ3v) is 4.00. The molecular formula is C21H23N5O2. The van der Waals surface area contributed by atoms with Crippen LogP contribution in [0.4, 0.5) is 16.3 Å². The Labute approximate surface area is 164 Å². The van der Waals surface area contributed by atoms with Crippen LogP contribution in [0.25, 0.3) is 0 Å². The maximum absolute atomic E-state index is 12.3. The summed E-state index contributed by atoms with van der Waals surface area (Å²) in [6.07, 6.45) is 8.47. The number of carbonyl (C=O) groups is 1. The minimum Gasteiger partial charge on any atom is -0.491 e. The summed E-state index contributed by atoms with van der Waals surface area (Å²) >= 11 is 0. The Kier molecular flexibility index (Phi) is 6.51. The number of carbonyl (C=O) groups excluding carboxylic acids is 1. The molecule has 0 aliphatic rings. The average Bonchev–Trinajstić information content (AvgIpc) is 2.69. The van der Waals surface area contributed by atoms with E-state index < -0.39 is 6.03 Å². The molecule has 0 fully saturated rings. The fourth-order valence-corrected chi connectivity index (χ4v) is 2.60. The predicted octanol–water partition coefficient (Wildman–Crippen LogP) is 4.14. The molecule has 0 saturated heterocycles. The Morgan fingerprint density at radius 2 is 1.96 bits per heavy atom. The van der Waals surface area contributed by atoms with E-state index in [9.17, 15) is 4.79 Å². The highest BCUT2D eigenvalue weighted by atomic mass is 16.5. The number of amides is 2. The Bertz CT molecular complexity index is 914. The van der Waals surface area contributed by atoms with Crippen molar-refractivity contribution in [3.8, 4) is 5.75 Å². The standard InChI is InChI=1S/C21H23N5O2/c1-15-7-8-19(28-10-4-6-17-5-3-9-22-13-17)18(11-15)25-21(27)26-20-14-23-16(2)12-24-20/h3,5,7-9,11-14H,4,6,10H2,1-2H3,(H2,24,25,26,27). The highest BCUT2D eigenvalue weighted by molar-refractivity contribution is 6.00. The van der Waals surface area contributed by atoms with Crippen molar-refractivity contribution in [1.82, 2.24) is 15.0 Å². The Balaban J connectivity index is 1.57. The van der Waals surface area contributed by atoms with E-state index in [0.717, 1.165) is 24.1 Å². The lowest BCUT2D eigenvalue weighted by atomic mass is 10.2. The molecule has 0 unspecified atom stereocenters. The van der Waals surface area contributed by atoms with Crippen LogP contribution >= 0.6 is 0 Å². The lowest BCUT2D eigenvalue weighted by molar-refractivity contribution is 0.261. The van der Waals surface area contributed by atoms with Crippen LogP contribution in [-0.2, 0) is 6.42 Å². The summed E-state index contributed by atoms with van der Waals surface area (Å²) in [6.45, 7) is 4.33. The zero-order valence-corrected chi connectivity index (χ0v) is 16.0. The number of anilines is 2. The smallest absolute Gasteiger partial charge is 0.324 e. The molecular weight excluding hydrogens is 354 g/mol. The Morgan fingerprint density at radius 3 is 2.71 bits per heavy atom. The van der Waals surface area contributed by atoms with E-state index >= 15 is 0 Å². The molecule has 2 amide bonds. The third kappa shape index (κ3) is 5.77. The second kappa shape index (κ2) is 9.45. The van der Waals surface area contributed by atoms with E-state index in [1.165, 1.54) is 11.8 Å². The molecule has 0 spiro atoms.